The number of pyridine rings is 1. The van der Waals surface area contributed by atoms with Crippen molar-refractivity contribution in [3.63, 3.8) is 0 Å². The highest BCUT2D eigenvalue weighted by Crippen LogP contribution is 2.25. The minimum Gasteiger partial charge on any atom is -0.385 e. The molecule has 2 heterocycles. The van der Waals surface area contributed by atoms with Crippen molar-refractivity contribution < 1.29 is 4.79 Å². The van der Waals surface area contributed by atoms with E-state index in [1.54, 1.807) is 12.4 Å². The van der Waals surface area contributed by atoms with E-state index in [0.717, 1.165) is 36.3 Å². The number of rotatable bonds is 2. The molecule has 0 spiro atoms. The second kappa shape index (κ2) is 5.33. The lowest BCUT2D eigenvalue weighted by atomic mass is 10.0. The molecule has 20 heavy (non-hydrogen) atoms. The van der Waals surface area contributed by atoms with Gasteiger partial charge < -0.3 is 10.6 Å². The van der Waals surface area contributed by atoms with Crippen molar-refractivity contribution >= 4 is 17.3 Å². The third kappa shape index (κ3) is 2.64. The monoisotopic (exact) mass is 267 g/mol. The molecule has 4 heteroatoms. The highest BCUT2D eigenvalue weighted by Gasteiger charge is 2.11. The zero-order chi connectivity index (χ0) is 13.9. The van der Waals surface area contributed by atoms with Crippen molar-refractivity contribution in [2.75, 3.05) is 17.2 Å². The second-order valence-electron chi connectivity index (χ2n) is 5.11. The maximum Gasteiger partial charge on any atom is 0.257 e. The summed E-state index contributed by atoms with van der Waals surface area (Å²) in [4.78, 5) is 16.2. The molecule has 0 unspecified atom stereocenters. The van der Waals surface area contributed by atoms with E-state index in [0.29, 0.717) is 5.56 Å². The summed E-state index contributed by atoms with van der Waals surface area (Å²) in [5.41, 5.74) is 4.80. The summed E-state index contributed by atoms with van der Waals surface area (Å²) < 4.78 is 0. The molecule has 1 aliphatic rings. The Morgan fingerprint density at radius 2 is 2.20 bits per heavy atom. The number of nitrogens with zero attached hydrogens (tertiary/aromatic N) is 1. The summed E-state index contributed by atoms with van der Waals surface area (Å²) in [5.74, 6) is -0.128. The molecule has 0 atom stereocenters. The van der Waals surface area contributed by atoms with Crippen molar-refractivity contribution in [3.8, 4) is 0 Å². The molecular weight excluding hydrogens is 250 g/mol. The van der Waals surface area contributed by atoms with Crippen LogP contribution in [0.3, 0.4) is 0 Å². The molecule has 0 bridgehead atoms. The first kappa shape index (κ1) is 12.7. The van der Waals surface area contributed by atoms with Gasteiger partial charge in [-0.05, 0) is 49.1 Å². The number of benzene rings is 1. The number of aryl methyl sites for hydroxylation is 2. The Hall–Kier alpha value is -2.36. The van der Waals surface area contributed by atoms with Crippen LogP contribution in [0.25, 0.3) is 0 Å². The van der Waals surface area contributed by atoms with Crippen LogP contribution in [0.2, 0.25) is 0 Å². The molecule has 0 aliphatic carbocycles. The summed E-state index contributed by atoms with van der Waals surface area (Å²) in [6.45, 7) is 2.92. The molecule has 0 saturated carbocycles. The number of hydrogen-bond donors (Lipinski definition) is 2. The van der Waals surface area contributed by atoms with Crippen molar-refractivity contribution in [3.05, 3.63) is 53.3 Å². The maximum absolute atomic E-state index is 12.2. The van der Waals surface area contributed by atoms with Crippen LogP contribution in [0.15, 0.2) is 36.7 Å². The fourth-order valence-electron chi connectivity index (χ4n) is 2.42. The number of amides is 1. The standard InChI is InChI=1S/C16H17N3O/c1-11-7-13(10-17-9-11)16(20)19-14-5-4-12-3-2-6-18-15(12)8-14/h4-5,7-10,18H,2-3,6H2,1H3,(H,19,20). The number of carbonyl (C=O) groups excluding carboxylic acids is 1. The number of fused-ring (bicyclic) bond motifs is 1. The highest BCUT2D eigenvalue weighted by molar-refractivity contribution is 6.04. The molecule has 1 aliphatic heterocycles. The van der Waals surface area contributed by atoms with Crippen LogP contribution < -0.4 is 10.6 Å². The highest BCUT2D eigenvalue weighted by atomic mass is 16.1. The number of anilines is 2. The molecule has 4 nitrogen and oxygen atoms in total. The van der Waals surface area contributed by atoms with Crippen LogP contribution in [0, 0.1) is 6.92 Å². The van der Waals surface area contributed by atoms with Crippen molar-refractivity contribution in [1.29, 1.82) is 0 Å². The molecule has 2 aromatic rings. The van der Waals surface area contributed by atoms with Crippen LogP contribution in [-0.4, -0.2) is 17.4 Å². The Morgan fingerprint density at radius 3 is 3.05 bits per heavy atom. The maximum atomic E-state index is 12.2. The van der Waals surface area contributed by atoms with Gasteiger partial charge >= 0.3 is 0 Å². The zero-order valence-electron chi connectivity index (χ0n) is 11.4. The van der Waals surface area contributed by atoms with E-state index in [2.05, 4.69) is 21.7 Å². The Balaban J connectivity index is 1.79. The van der Waals surface area contributed by atoms with Gasteiger partial charge in [-0.3, -0.25) is 9.78 Å². The molecule has 0 fully saturated rings. The third-order valence-electron chi connectivity index (χ3n) is 3.44. The van der Waals surface area contributed by atoms with Gasteiger partial charge in [0, 0.05) is 30.3 Å². The molecule has 3 rings (SSSR count). The van der Waals surface area contributed by atoms with E-state index in [9.17, 15) is 4.79 Å². The Labute approximate surface area is 118 Å². The Bertz CT molecular complexity index is 652. The molecule has 1 aromatic carbocycles. The van der Waals surface area contributed by atoms with Crippen molar-refractivity contribution in [1.82, 2.24) is 4.98 Å². The average molecular weight is 267 g/mol. The predicted molar refractivity (Wildman–Crippen MR) is 80.2 cm³/mol. The Kier molecular flexibility index (Phi) is 3.37. The molecule has 2 N–H and O–H groups in total. The van der Waals surface area contributed by atoms with Crippen molar-refractivity contribution in [2.45, 2.75) is 19.8 Å². The van der Waals surface area contributed by atoms with Gasteiger partial charge in [0.1, 0.15) is 0 Å². The number of carbonyl (C=O) groups is 1. The zero-order valence-corrected chi connectivity index (χ0v) is 11.4. The van der Waals surface area contributed by atoms with Gasteiger partial charge in [-0.15, -0.1) is 0 Å². The van der Waals surface area contributed by atoms with E-state index >= 15 is 0 Å². The van der Waals surface area contributed by atoms with Crippen LogP contribution in [-0.2, 0) is 6.42 Å². The molecule has 0 radical (unpaired) electrons. The summed E-state index contributed by atoms with van der Waals surface area (Å²) >= 11 is 0. The third-order valence-corrected chi connectivity index (χ3v) is 3.44. The topological polar surface area (TPSA) is 54.0 Å². The first-order valence-electron chi connectivity index (χ1n) is 6.82. The quantitative estimate of drug-likeness (QED) is 0.879. The number of hydrogen-bond acceptors (Lipinski definition) is 3. The van der Waals surface area contributed by atoms with Gasteiger partial charge in [-0.2, -0.15) is 0 Å². The second-order valence-corrected chi connectivity index (χ2v) is 5.11. The van der Waals surface area contributed by atoms with Gasteiger partial charge in [-0.1, -0.05) is 6.07 Å². The SMILES string of the molecule is Cc1cncc(C(=O)Nc2ccc3c(c2)NCCC3)c1. The average Bonchev–Trinajstić information content (AvgIpc) is 2.47. The fourth-order valence-corrected chi connectivity index (χ4v) is 2.42. The van der Waals surface area contributed by atoms with Gasteiger partial charge in [0.05, 0.1) is 5.56 Å². The normalized spacial score (nSPS) is 13.2. The van der Waals surface area contributed by atoms with Gasteiger partial charge in [-0.25, -0.2) is 0 Å². The molecule has 0 saturated heterocycles. The first-order chi connectivity index (χ1) is 9.72. The van der Waals surface area contributed by atoms with Crippen LogP contribution in [0.1, 0.15) is 27.9 Å². The summed E-state index contributed by atoms with van der Waals surface area (Å²) in [6.07, 6.45) is 5.57. The van der Waals surface area contributed by atoms with Gasteiger partial charge in [0.25, 0.3) is 5.91 Å². The van der Waals surface area contributed by atoms with E-state index in [4.69, 9.17) is 0 Å². The Morgan fingerprint density at radius 1 is 1.30 bits per heavy atom. The minimum absolute atomic E-state index is 0.128. The van der Waals surface area contributed by atoms with Crippen LogP contribution >= 0.6 is 0 Å². The van der Waals surface area contributed by atoms with E-state index in [1.165, 1.54) is 5.56 Å². The molecule has 1 aromatic heterocycles. The lowest BCUT2D eigenvalue weighted by Gasteiger charge is -2.18. The smallest absolute Gasteiger partial charge is 0.257 e. The van der Waals surface area contributed by atoms with E-state index in [-0.39, 0.29) is 5.91 Å². The number of nitrogens with one attached hydrogen (secondary N) is 2. The largest absolute Gasteiger partial charge is 0.385 e. The summed E-state index contributed by atoms with van der Waals surface area (Å²) in [6, 6.07) is 7.85. The number of aromatic nitrogens is 1. The van der Waals surface area contributed by atoms with Crippen LogP contribution in [0.5, 0.6) is 0 Å². The summed E-state index contributed by atoms with van der Waals surface area (Å²) in [5, 5.41) is 6.28. The lowest BCUT2D eigenvalue weighted by molar-refractivity contribution is 0.102. The summed E-state index contributed by atoms with van der Waals surface area (Å²) in [7, 11) is 0. The molecular formula is C16H17N3O. The minimum atomic E-state index is -0.128. The molecule has 102 valence electrons. The van der Waals surface area contributed by atoms with Gasteiger partial charge in [0.15, 0.2) is 0 Å². The van der Waals surface area contributed by atoms with Gasteiger partial charge in [0.2, 0.25) is 0 Å². The molecule has 1 amide bonds. The first-order valence-corrected chi connectivity index (χ1v) is 6.82. The fraction of sp³-hybridized carbons (Fsp3) is 0.250. The van der Waals surface area contributed by atoms with E-state index < -0.39 is 0 Å². The van der Waals surface area contributed by atoms with Crippen LogP contribution in [0.4, 0.5) is 11.4 Å². The predicted octanol–water partition coefficient (Wildman–Crippen LogP) is 3.00. The van der Waals surface area contributed by atoms with E-state index in [1.807, 2.05) is 25.1 Å². The van der Waals surface area contributed by atoms with Crippen molar-refractivity contribution in [2.24, 2.45) is 0 Å². The lowest BCUT2D eigenvalue weighted by Crippen LogP contribution is -2.15.